The zero-order valence-electron chi connectivity index (χ0n) is 9.53. The van der Waals surface area contributed by atoms with E-state index in [1.165, 1.54) is 6.08 Å². The van der Waals surface area contributed by atoms with Gasteiger partial charge in [0.1, 0.15) is 5.78 Å². The molecule has 0 heterocycles. The van der Waals surface area contributed by atoms with E-state index in [-0.39, 0.29) is 17.7 Å². The molecule has 0 aliphatic rings. The summed E-state index contributed by atoms with van der Waals surface area (Å²) in [7, 11) is 0. The normalized spacial score (nSPS) is 13.3. The number of ether oxygens (including phenoxy) is 1. The lowest BCUT2D eigenvalue weighted by atomic mass is 10.1. The topological polar surface area (TPSA) is 43.4 Å². The highest BCUT2D eigenvalue weighted by Gasteiger charge is 2.07. The molecule has 0 aromatic heterocycles. The molecule has 15 heavy (non-hydrogen) atoms. The van der Waals surface area contributed by atoms with Crippen LogP contribution in [-0.4, -0.2) is 18.4 Å². The van der Waals surface area contributed by atoms with Crippen LogP contribution in [0.5, 0.6) is 0 Å². The minimum Gasteiger partial charge on any atom is -0.463 e. The van der Waals surface area contributed by atoms with Crippen molar-refractivity contribution in [1.82, 2.24) is 0 Å². The van der Waals surface area contributed by atoms with Crippen molar-refractivity contribution in [2.45, 2.75) is 27.2 Å². The molecule has 1 atom stereocenters. The minimum absolute atomic E-state index is 0.0442. The molecular formula is C12H18O3. The summed E-state index contributed by atoms with van der Waals surface area (Å²) < 4.78 is 4.90. The minimum atomic E-state index is -0.371. The highest BCUT2D eigenvalue weighted by Crippen LogP contribution is 2.02. The van der Waals surface area contributed by atoms with E-state index in [1.807, 2.05) is 19.9 Å². The van der Waals surface area contributed by atoms with E-state index in [1.54, 1.807) is 19.1 Å². The molecule has 84 valence electrons. The first kappa shape index (κ1) is 13.6. The summed E-state index contributed by atoms with van der Waals surface area (Å²) in [4.78, 5) is 21.9. The van der Waals surface area contributed by atoms with E-state index in [2.05, 4.69) is 0 Å². The van der Waals surface area contributed by atoms with E-state index in [4.69, 9.17) is 4.74 Å². The number of carbonyl (C=O) groups excluding carboxylic acids is 2. The Bertz CT molecular complexity index is 264. The standard InChI is InChI=1S/C12H18O3/c1-4-5-6-7-12(14)15-9-8-10(2)11(3)13/h4-7,10H,8-9H2,1-3H3/b5-4+,7-6+. The molecule has 3 nitrogen and oxygen atoms in total. The second kappa shape index (κ2) is 7.97. The van der Waals surface area contributed by atoms with Gasteiger partial charge in [0.05, 0.1) is 6.61 Å². The lowest BCUT2D eigenvalue weighted by molar-refractivity contribution is -0.138. The number of rotatable bonds is 6. The van der Waals surface area contributed by atoms with Crippen LogP contribution < -0.4 is 0 Å². The predicted octanol–water partition coefficient (Wildman–Crippen LogP) is 2.28. The highest BCUT2D eigenvalue weighted by molar-refractivity contribution is 5.82. The van der Waals surface area contributed by atoms with Gasteiger partial charge in [-0.15, -0.1) is 0 Å². The highest BCUT2D eigenvalue weighted by atomic mass is 16.5. The molecule has 0 aliphatic heterocycles. The van der Waals surface area contributed by atoms with Crippen LogP contribution in [0.1, 0.15) is 27.2 Å². The fraction of sp³-hybridized carbons (Fsp3) is 0.500. The Morgan fingerprint density at radius 3 is 2.53 bits per heavy atom. The first-order valence-electron chi connectivity index (χ1n) is 5.04. The molecule has 1 unspecified atom stereocenters. The number of hydrogen-bond acceptors (Lipinski definition) is 3. The Hall–Kier alpha value is -1.38. The van der Waals surface area contributed by atoms with Gasteiger partial charge in [-0.2, -0.15) is 0 Å². The second-order valence-corrected chi connectivity index (χ2v) is 3.35. The number of hydrogen-bond donors (Lipinski definition) is 0. The van der Waals surface area contributed by atoms with E-state index in [0.29, 0.717) is 13.0 Å². The summed E-state index contributed by atoms with van der Waals surface area (Å²) in [5, 5.41) is 0. The summed E-state index contributed by atoms with van der Waals surface area (Å²) in [6.07, 6.45) is 7.13. The Labute approximate surface area is 90.8 Å². The zero-order chi connectivity index (χ0) is 11.7. The number of allylic oxidation sites excluding steroid dienone is 3. The molecule has 0 radical (unpaired) electrons. The van der Waals surface area contributed by atoms with Crippen molar-refractivity contribution in [2.75, 3.05) is 6.61 Å². The van der Waals surface area contributed by atoms with E-state index in [9.17, 15) is 9.59 Å². The van der Waals surface area contributed by atoms with Gasteiger partial charge < -0.3 is 4.74 Å². The van der Waals surface area contributed by atoms with Gasteiger partial charge in [-0.3, -0.25) is 4.79 Å². The van der Waals surface area contributed by atoms with Gasteiger partial charge in [0.15, 0.2) is 0 Å². The van der Waals surface area contributed by atoms with Crippen LogP contribution in [0.3, 0.4) is 0 Å². The lowest BCUT2D eigenvalue weighted by Gasteiger charge is -2.06. The second-order valence-electron chi connectivity index (χ2n) is 3.35. The molecule has 0 N–H and O–H groups in total. The molecule has 0 aromatic carbocycles. The maximum Gasteiger partial charge on any atom is 0.330 e. The molecular weight excluding hydrogens is 192 g/mol. The van der Waals surface area contributed by atoms with E-state index in [0.717, 1.165) is 0 Å². The summed E-state index contributed by atoms with van der Waals surface area (Å²) in [5.41, 5.74) is 0. The Morgan fingerprint density at radius 1 is 1.33 bits per heavy atom. The molecule has 0 amide bonds. The van der Waals surface area contributed by atoms with Crippen LogP contribution in [0.25, 0.3) is 0 Å². The van der Waals surface area contributed by atoms with Crippen molar-refractivity contribution in [3.8, 4) is 0 Å². The maximum absolute atomic E-state index is 11.0. The van der Waals surface area contributed by atoms with Crippen LogP contribution in [-0.2, 0) is 14.3 Å². The van der Waals surface area contributed by atoms with Gasteiger partial charge in [0, 0.05) is 12.0 Å². The van der Waals surface area contributed by atoms with Crippen LogP contribution in [0.2, 0.25) is 0 Å². The lowest BCUT2D eigenvalue weighted by Crippen LogP contribution is -2.11. The van der Waals surface area contributed by atoms with Crippen molar-refractivity contribution >= 4 is 11.8 Å². The number of Topliss-reactive ketones (excluding diaryl/α,β-unsaturated/α-hetero) is 1. The first-order valence-corrected chi connectivity index (χ1v) is 5.04. The summed E-state index contributed by atoms with van der Waals surface area (Å²) in [5.74, 6) is -0.295. The van der Waals surface area contributed by atoms with Gasteiger partial charge in [-0.1, -0.05) is 25.2 Å². The van der Waals surface area contributed by atoms with E-state index >= 15 is 0 Å². The van der Waals surface area contributed by atoms with Crippen molar-refractivity contribution < 1.29 is 14.3 Å². The average molecular weight is 210 g/mol. The summed E-state index contributed by atoms with van der Waals surface area (Å²) in [6, 6.07) is 0. The molecule has 0 aromatic rings. The van der Waals surface area contributed by atoms with Crippen LogP contribution >= 0.6 is 0 Å². The fourth-order valence-corrected chi connectivity index (χ4v) is 0.833. The molecule has 3 heteroatoms. The largest absolute Gasteiger partial charge is 0.463 e. The quantitative estimate of drug-likeness (QED) is 0.384. The third-order valence-corrected chi connectivity index (χ3v) is 2.03. The van der Waals surface area contributed by atoms with Crippen LogP contribution in [0, 0.1) is 5.92 Å². The third kappa shape index (κ3) is 7.67. The van der Waals surface area contributed by atoms with Crippen molar-refractivity contribution in [3.63, 3.8) is 0 Å². The van der Waals surface area contributed by atoms with Gasteiger partial charge in [-0.05, 0) is 20.3 Å². The third-order valence-electron chi connectivity index (χ3n) is 2.03. The molecule has 0 fully saturated rings. The summed E-state index contributed by atoms with van der Waals surface area (Å²) in [6.45, 7) is 5.52. The number of carbonyl (C=O) groups is 2. The van der Waals surface area contributed by atoms with Gasteiger partial charge in [0.25, 0.3) is 0 Å². The van der Waals surface area contributed by atoms with E-state index < -0.39 is 0 Å². The van der Waals surface area contributed by atoms with Gasteiger partial charge in [0.2, 0.25) is 0 Å². The number of ketones is 1. The van der Waals surface area contributed by atoms with Crippen molar-refractivity contribution in [3.05, 3.63) is 24.3 Å². The zero-order valence-corrected chi connectivity index (χ0v) is 9.53. The molecule has 0 aliphatic carbocycles. The van der Waals surface area contributed by atoms with Crippen LogP contribution in [0.15, 0.2) is 24.3 Å². The number of esters is 1. The Balaban J connectivity index is 3.68. The maximum atomic E-state index is 11.0. The Kier molecular flexibility index (Phi) is 7.24. The molecule has 0 spiro atoms. The summed E-state index contributed by atoms with van der Waals surface area (Å²) >= 11 is 0. The van der Waals surface area contributed by atoms with Gasteiger partial charge in [-0.25, -0.2) is 4.79 Å². The van der Waals surface area contributed by atoms with Gasteiger partial charge >= 0.3 is 5.97 Å². The fourth-order valence-electron chi connectivity index (χ4n) is 0.833. The smallest absolute Gasteiger partial charge is 0.330 e. The average Bonchev–Trinajstić information content (AvgIpc) is 2.18. The SMILES string of the molecule is C/C=C/C=C/C(=O)OCCC(C)C(C)=O. The molecule has 0 rings (SSSR count). The van der Waals surface area contributed by atoms with Crippen LogP contribution in [0.4, 0.5) is 0 Å². The monoisotopic (exact) mass is 210 g/mol. The molecule has 0 saturated carbocycles. The Morgan fingerprint density at radius 2 is 2.00 bits per heavy atom. The van der Waals surface area contributed by atoms with Crippen molar-refractivity contribution in [2.24, 2.45) is 5.92 Å². The van der Waals surface area contributed by atoms with Crippen molar-refractivity contribution in [1.29, 1.82) is 0 Å². The predicted molar refractivity (Wildman–Crippen MR) is 59.4 cm³/mol. The first-order chi connectivity index (χ1) is 7.07. The molecule has 0 bridgehead atoms. The molecule has 0 saturated heterocycles.